The Morgan fingerprint density at radius 2 is 1.12 bits per heavy atom. The fourth-order valence-electron chi connectivity index (χ4n) is 5.33. The van der Waals surface area contributed by atoms with Gasteiger partial charge in [-0.15, -0.1) is 0 Å². The molecule has 0 spiro atoms. The van der Waals surface area contributed by atoms with Crippen LogP contribution >= 0.6 is 19.4 Å². The minimum Gasteiger partial charge on any atom is -0.0590 e. The van der Waals surface area contributed by atoms with Crippen molar-refractivity contribution in [2.24, 2.45) is 0 Å². The zero-order valence-corrected chi connectivity index (χ0v) is 23.9. The maximum atomic E-state index is 6.60. The van der Waals surface area contributed by atoms with Crippen molar-refractivity contribution in [3.63, 3.8) is 0 Å². The monoisotopic (exact) mass is 566 g/mol. The summed E-state index contributed by atoms with van der Waals surface area (Å²) in [7, 11) is 13.2. The van der Waals surface area contributed by atoms with Gasteiger partial charge in [0.1, 0.15) is 0 Å². The Kier molecular flexibility index (Phi) is 10.1. The van der Waals surface area contributed by atoms with Crippen LogP contribution in [0.3, 0.4) is 0 Å². The molecular formula is C27H42Cl2N2Ru. The van der Waals surface area contributed by atoms with Crippen molar-refractivity contribution in [2.75, 3.05) is 0 Å². The molecule has 2 aromatic rings. The number of nitrogens with zero attached hydrogens (tertiary/aromatic N) is 2. The summed E-state index contributed by atoms with van der Waals surface area (Å²) in [5.41, 5.74) is 5.58. The van der Waals surface area contributed by atoms with Crippen molar-refractivity contribution < 1.29 is 13.5 Å². The van der Waals surface area contributed by atoms with Gasteiger partial charge in [-0.2, -0.15) is 0 Å². The van der Waals surface area contributed by atoms with Crippen LogP contribution in [0, 0.1) is 24.8 Å². The van der Waals surface area contributed by atoms with Gasteiger partial charge in [-0.3, -0.25) is 0 Å². The Morgan fingerprint density at radius 1 is 0.719 bits per heavy atom. The summed E-state index contributed by atoms with van der Waals surface area (Å²) in [6.07, 6.45) is 13.3. The third kappa shape index (κ3) is 6.40. The van der Waals surface area contributed by atoms with Gasteiger partial charge in [-0.05, 0) is 18.4 Å². The molecule has 0 bridgehead atoms. The molecule has 5 heteroatoms. The molecule has 182 valence electrons. The van der Waals surface area contributed by atoms with Crippen LogP contribution in [0.1, 0.15) is 119 Å². The predicted molar refractivity (Wildman–Crippen MR) is 136 cm³/mol. The van der Waals surface area contributed by atoms with Crippen LogP contribution in [0.4, 0.5) is 0 Å². The third-order valence-electron chi connectivity index (χ3n) is 7.38. The molecular weight excluding hydrogens is 524 g/mol. The second kappa shape index (κ2) is 12.4. The van der Waals surface area contributed by atoms with E-state index in [0.717, 1.165) is 0 Å². The molecule has 2 aliphatic rings. The Bertz CT molecular complexity index is 879. The molecule has 0 N–H and O–H groups in total. The van der Waals surface area contributed by atoms with Crippen molar-refractivity contribution in [1.82, 2.24) is 9.13 Å². The van der Waals surface area contributed by atoms with Crippen LogP contribution in [0.25, 0.3) is 0 Å². The van der Waals surface area contributed by atoms with Crippen LogP contribution in [-0.2, 0) is 13.5 Å². The summed E-state index contributed by atoms with van der Waals surface area (Å²) in [5, 5.41) is 0. The van der Waals surface area contributed by atoms with E-state index in [2.05, 4.69) is 68.0 Å². The number of aryl methyl sites for hydroxylation is 1. The largest absolute Gasteiger partial charge is 0.0590 e. The van der Waals surface area contributed by atoms with Gasteiger partial charge in [0.2, 0.25) is 0 Å². The van der Waals surface area contributed by atoms with Gasteiger partial charge in [0, 0.05) is 0 Å². The average Bonchev–Trinajstić information content (AvgIpc) is 3.07. The minimum atomic E-state index is -1.93. The zero-order valence-electron chi connectivity index (χ0n) is 20.6. The molecule has 4 rings (SSSR count). The fraction of sp³-hybridized carbons (Fsp3) is 0.667. The fourth-order valence-corrected chi connectivity index (χ4v) is 8.71. The van der Waals surface area contributed by atoms with E-state index < -0.39 is 13.5 Å². The van der Waals surface area contributed by atoms with E-state index in [1.807, 2.05) is 0 Å². The first kappa shape index (κ1) is 26.2. The molecule has 1 aromatic carbocycles. The molecule has 1 aromatic heterocycles. The maximum absolute atomic E-state index is 6.60. The molecule has 2 saturated carbocycles. The van der Waals surface area contributed by atoms with Crippen molar-refractivity contribution in [3.05, 3.63) is 50.8 Å². The van der Waals surface area contributed by atoms with Crippen LogP contribution in [0.5, 0.6) is 0 Å². The summed E-state index contributed by atoms with van der Waals surface area (Å²) in [5.74, 6) is 0.653. The molecule has 0 unspecified atom stereocenters. The van der Waals surface area contributed by atoms with E-state index >= 15 is 0 Å². The van der Waals surface area contributed by atoms with Gasteiger partial charge in [0.25, 0.3) is 0 Å². The second-order valence-electron chi connectivity index (χ2n) is 10.0. The van der Waals surface area contributed by atoms with Gasteiger partial charge in [0.15, 0.2) is 0 Å². The topological polar surface area (TPSA) is 9.86 Å². The molecule has 2 aliphatic carbocycles. The van der Waals surface area contributed by atoms with Crippen molar-refractivity contribution in [1.29, 1.82) is 0 Å². The number of hydrogen-bond acceptors (Lipinski definition) is 0. The molecule has 2 nitrogen and oxygen atoms in total. The second-order valence-corrected chi connectivity index (χ2v) is 15.7. The molecule has 0 radical (unpaired) electrons. The molecule has 32 heavy (non-hydrogen) atoms. The number of rotatable bonds is 3. The van der Waals surface area contributed by atoms with Gasteiger partial charge in [-0.1, -0.05) is 43.7 Å². The van der Waals surface area contributed by atoms with E-state index in [-0.39, 0.29) is 0 Å². The normalized spacial score (nSPS) is 18.4. The van der Waals surface area contributed by atoms with Gasteiger partial charge in [0.05, 0.1) is 0 Å². The number of imidazole rings is 1. The number of aromatic nitrogens is 2. The first-order valence-corrected chi connectivity index (χ1v) is 17.8. The van der Waals surface area contributed by atoms with Gasteiger partial charge >= 0.3 is 148 Å². The Labute approximate surface area is 208 Å². The van der Waals surface area contributed by atoms with E-state index in [1.54, 1.807) is 0 Å². The summed E-state index contributed by atoms with van der Waals surface area (Å²) in [4.78, 5) is 0. The molecule has 0 saturated heterocycles. The Morgan fingerprint density at radius 3 is 1.47 bits per heavy atom. The SMILES string of the molecule is Cc1c(C)n(C2CCCCC2)[c](=[Ru]([Cl])[Cl])n1C1CCCCC1.Cc1ccc(C(C)C)cc1. The molecule has 0 atom stereocenters. The van der Waals surface area contributed by atoms with Crippen molar-refractivity contribution in [3.8, 4) is 0 Å². The number of benzene rings is 1. The molecule has 2 fully saturated rings. The summed E-state index contributed by atoms with van der Waals surface area (Å²) in [6, 6.07) is 9.96. The Balaban J connectivity index is 0.000000243. The standard InChI is InChI=1S/C17H28N2.C10H14.2ClH.Ru/c1-14-15(2)19(17-11-7-4-8-12-17)13-18(14)16-9-5-3-6-10-16;1-8(2)10-6-4-9(3)5-7-10;;;/h16-17H,3-12H2,1-2H3;4-8H,1-3H3;2*1H;/q;;;;+2/p-2. The summed E-state index contributed by atoms with van der Waals surface area (Å²) >= 11 is -1.93. The van der Waals surface area contributed by atoms with Crippen molar-refractivity contribution >= 4 is 19.4 Å². The van der Waals surface area contributed by atoms with Crippen LogP contribution in [-0.4, -0.2) is 9.13 Å². The van der Waals surface area contributed by atoms with Crippen molar-refractivity contribution in [2.45, 2.75) is 117 Å². The van der Waals surface area contributed by atoms with E-state index in [0.29, 0.717) is 18.0 Å². The van der Waals surface area contributed by atoms with E-state index in [4.69, 9.17) is 19.4 Å². The van der Waals surface area contributed by atoms with E-state index in [9.17, 15) is 0 Å². The summed E-state index contributed by atoms with van der Waals surface area (Å²) in [6.45, 7) is 11.1. The minimum absolute atomic E-state index is 0.626. The van der Waals surface area contributed by atoms with Crippen LogP contribution < -0.4 is 0 Å². The third-order valence-corrected chi connectivity index (χ3v) is 10.2. The van der Waals surface area contributed by atoms with Crippen LogP contribution in [0.2, 0.25) is 0 Å². The number of hydrogen-bond donors (Lipinski definition) is 0. The van der Waals surface area contributed by atoms with E-state index in [1.165, 1.54) is 90.7 Å². The Hall–Kier alpha value is -0.367. The molecule has 1 heterocycles. The first-order valence-electron chi connectivity index (χ1n) is 12.5. The smallest absolute Gasteiger partial charge is 0.0219 e. The first-order chi connectivity index (χ1) is 15.3. The maximum Gasteiger partial charge on any atom is -0.0219 e. The average molecular weight is 567 g/mol. The van der Waals surface area contributed by atoms with Gasteiger partial charge < -0.3 is 0 Å². The summed E-state index contributed by atoms with van der Waals surface area (Å²) < 4.78 is 6.41. The van der Waals surface area contributed by atoms with Gasteiger partial charge in [-0.25, -0.2) is 0 Å². The zero-order chi connectivity index (χ0) is 23.3. The predicted octanol–water partition coefficient (Wildman–Crippen LogP) is 9.49. The van der Waals surface area contributed by atoms with Crippen LogP contribution in [0.15, 0.2) is 24.3 Å². The number of halogens is 2. The molecule has 0 amide bonds. The molecule has 0 aliphatic heterocycles. The quantitative estimate of drug-likeness (QED) is 0.328.